The third-order valence-corrected chi connectivity index (χ3v) is 4.72. The molecule has 2 aromatic rings. The highest BCUT2D eigenvalue weighted by Crippen LogP contribution is 2.25. The standard InChI is InChI=1S/C16H21NS2/c1-18-12-6-5-11-17-16(15-10-7-13-19-15)14-8-3-2-4-9-14/h2-4,7-10,13,16-17H,5-6,11-12H2,1H3. The van der Waals surface area contributed by atoms with E-state index < -0.39 is 0 Å². The second-order valence-corrected chi connectivity index (χ2v) is 6.48. The molecule has 1 atom stereocenters. The van der Waals surface area contributed by atoms with E-state index in [1.165, 1.54) is 29.0 Å². The smallest absolute Gasteiger partial charge is 0.0671 e. The average Bonchev–Trinajstić information content (AvgIpc) is 2.98. The largest absolute Gasteiger partial charge is 0.306 e. The molecule has 1 unspecified atom stereocenters. The second kappa shape index (κ2) is 8.41. The van der Waals surface area contributed by atoms with Crippen molar-refractivity contribution in [2.75, 3.05) is 18.6 Å². The Bertz CT molecular complexity index is 439. The van der Waals surface area contributed by atoms with Crippen molar-refractivity contribution in [2.24, 2.45) is 0 Å². The summed E-state index contributed by atoms with van der Waals surface area (Å²) in [6.45, 7) is 1.08. The fraction of sp³-hybridized carbons (Fsp3) is 0.375. The van der Waals surface area contributed by atoms with Crippen LogP contribution in [-0.2, 0) is 0 Å². The molecule has 102 valence electrons. The van der Waals surface area contributed by atoms with E-state index in [0.29, 0.717) is 6.04 Å². The molecule has 0 radical (unpaired) electrons. The van der Waals surface area contributed by atoms with Crippen molar-refractivity contribution < 1.29 is 0 Å². The SMILES string of the molecule is CSCCCCNC(c1ccccc1)c1cccs1. The number of unbranched alkanes of at least 4 members (excludes halogenated alkanes) is 1. The Kier molecular flexibility index (Phi) is 6.48. The fourth-order valence-electron chi connectivity index (χ4n) is 2.10. The van der Waals surface area contributed by atoms with Gasteiger partial charge in [-0.1, -0.05) is 36.4 Å². The van der Waals surface area contributed by atoms with Crippen LogP contribution < -0.4 is 5.32 Å². The summed E-state index contributed by atoms with van der Waals surface area (Å²) in [6, 6.07) is 15.4. The minimum Gasteiger partial charge on any atom is -0.306 e. The second-order valence-electron chi connectivity index (χ2n) is 4.51. The average molecular weight is 291 g/mol. The van der Waals surface area contributed by atoms with Gasteiger partial charge in [0.2, 0.25) is 0 Å². The van der Waals surface area contributed by atoms with E-state index in [-0.39, 0.29) is 0 Å². The van der Waals surface area contributed by atoms with E-state index >= 15 is 0 Å². The van der Waals surface area contributed by atoms with Crippen LogP contribution in [0.2, 0.25) is 0 Å². The predicted octanol–water partition coefficient (Wildman–Crippen LogP) is 4.57. The van der Waals surface area contributed by atoms with Gasteiger partial charge in [0.05, 0.1) is 6.04 Å². The molecule has 1 N–H and O–H groups in total. The summed E-state index contributed by atoms with van der Waals surface area (Å²) < 4.78 is 0. The van der Waals surface area contributed by atoms with Gasteiger partial charge in [-0.15, -0.1) is 11.3 Å². The molecule has 0 aliphatic rings. The highest BCUT2D eigenvalue weighted by atomic mass is 32.2. The quantitative estimate of drug-likeness (QED) is 0.715. The maximum Gasteiger partial charge on any atom is 0.0671 e. The maximum atomic E-state index is 3.70. The Balaban J connectivity index is 1.96. The van der Waals surface area contributed by atoms with Crippen molar-refractivity contribution in [1.82, 2.24) is 5.32 Å². The van der Waals surface area contributed by atoms with Crippen LogP contribution in [0, 0.1) is 0 Å². The summed E-state index contributed by atoms with van der Waals surface area (Å²) in [4.78, 5) is 1.40. The molecule has 0 aliphatic heterocycles. The number of rotatable bonds is 8. The maximum absolute atomic E-state index is 3.70. The molecule has 1 nitrogen and oxygen atoms in total. The number of nitrogens with one attached hydrogen (secondary N) is 1. The number of hydrogen-bond donors (Lipinski definition) is 1. The summed E-state index contributed by atoms with van der Waals surface area (Å²) in [5.41, 5.74) is 1.36. The van der Waals surface area contributed by atoms with Gasteiger partial charge in [0.1, 0.15) is 0 Å². The monoisotopic (exact) mass is 291 g/mol. The minimum absolute atomic E-state index is 0.343. The molecule has 2 rings (SSSR count). The van der Waals surface area contributed by atoms with Crippen LogP contribution in [0.3, 0.4) is 0 Å². The van der Waals surface area contributed by atoms with Crippen LogP contribution in [-0.4, -0.2) is 18.6 Å². The van der Waals surface area contributed by atoms with Gasteiger partial charge in [0, 0.05) is 4.88 Å². The summed E-state index contributed by atoms with van der Waals surface area (Å²) in [7, 11) is 0. The third-order valence-electron chi connectivity index (χ3n) is 3.08. The van der Waals surface area contributed by atoms with Crippen LogP contribution in [0.25, 0.3) is 0 Å². The number of thioether (sulfide) groups is 1. The Labute approximate surface area is 124 Å². The van der Waals surface area contributed by atoms with Crippen LogP contribution in [0.15, 0.2) is 47.8 Å². The van der Waals surface area contributed by atoms with E-state index in [4.69, 9.17) is 0 Å². The molecule has 0 amide bonds. The van der Waals surface area contributed by atoms with Crippen LogP contribution >= 0.6 is 23.1 Å². The normalized spacial score (nSPS) is 12.5. The first kappa shape index (κ1) is 14.6. The Morgan fingerprint density at radius 2 is 1.95 bits per heavy atom. The predicted molar refractivity (Wildman–Crippen MR) is 88.2 cm³/mol. The zero-order valence-corrected chi connectivity index (χ0v) is 13.0. The van der Waals surface area contributed by atoms with E-state index in [9.17, 15) is 0 Å². The van der Waals surface area contributed by atoms with E-state index in [1.54, 1.807) is 0 Å². The first-order valence-corrected chi connectivity index (χ1v) is 9.00. The molecule has 19 heavy (non-hydrogen) atoms. The van der Waals surface area contributed by atoms with Crippen LogP contribution in [0.5, 0.6) is 0 Å². The van der Waals surface area contributed by atoms with Crippen molar-refractivity contribution in [3.63, 3.8) is 0 Å². The van der Waals surface area contributed by atoms with Crippen molar-refractivity contribution in [2.45, 2.75) is 18.9 Å². The van der Waals surface area contributed by atoms with Crippen molar-refractivity contribution >= 4 is 23.1 Å². The van der Waals surface area contributed by atoms with E-state index in [0.717, 1.165) is 6.54 Å². The third kappa shape index (κ3) is 4.68. The molecule has 0 saturated heterocycles. The van der Waals surface area contributed by atoms with Crippen molar-refractivity contribution in [3.8, 4) is 0 Å². The minimum atomic E-state index is 0.343. The molecule has 1 aromatic carbocycles. The molecule has 0 bridgehead atoms. The van der Waals surface area contributed by atoms with E-state index in [2.05, 4.69) is 59.4 Å². The van der Waals surface area contributed by atoms with Gasteiger partial charge in [0.15, 0.2) is 0 Å². The highest BCUT2D eigenvalue weighted by molar-refractivity contribution is 7.98. The lowest BCUT2D eigenvalue weighted by Gasteiger charge is -2.18. The number of benzene rings is 1. The molecular formula is C16H21NS2. The number of hydrogen-bond acceptors (Lipinski definition) is 3. The summed E-state index contributed by atoms with van der Waals surface area (Å²) >= 11 is 3.76. The molecule has 1 aromatic heterocycles. The molecular weight excluding hydrogens is 270 g/mol. The lowest BCUT2D eigenvalue weighted by Crippen LogP contribution is -2.22. The Morgan fingerprint density at radius 3 is 2.63 bits per heavy atom. The van der Waals surface area contributed by atoms with Gasteiger partial charge in [-0.2, -0.15) is 11.8 Å². The van der Waals surface area contributed by atoms with Crippen molar-refractivity contribution in [3.05, 3.63) is 58.3 Å². The fourth-order valence-corrected chi connectivity index (χ4v) is 3.42. The van der Waals surface area contributed by atoms with Gasteiger partial charge in [-0.05, 0) is 48.4 Å². The topological polar surface area (TPSA) is 12.0 Å². The molecule has 1 heterocycles. The first-order chi connectivity index (χ1) is 9.42. The van der Waals surface area contributed by atoms with Crippen molar-refractivity contribution in [1.29, 1.82) is 0 Å². The van der Waals surface area contributed by atoms with E-state index in [1.807, 2.05) is 23.1 Å². The van der Waals surface area contributed by atoms with Gasteiger partial charge < -0.3 is 5.32 Å². The van der Waals surface area contributed by atoms with Gasteiger partial charge >= 0.3 is 0 Å². The molecule has 3 heteroatoms. The zero-order valence-electron chi connectivity index (χ0n) is 11.3. The molecule has 0 spiro atoms. The molecule has 0 aliphatic carbocycles. The van der Waals surface area contributed by atoms with Crippen LogP contribution in [0.4, 0.5) is 0 Å². The van der Waals surface area contributed by atoms with Gasteiger partial charge in [-0.3, -0.25) is 0 Å². The zero-order chi connectivity index (χ0) is 13.3. The molecule has 0 fully saturated rings. The summed E-state index contributed by atoms with van der Waals surface area (Å²) in [6.07, 6.45) is 4.71. The Hall–Kier alpha value is -0.770. The van der Waals surface area contributed by atoms with Gasteiger partial charge in [-0.25, -0.2) is 0 Å². The van der Waals surface area contributed by atoms with Crippen LogP contribution in [0.1, 0.15) is 29.3 Å². The molecule has 0 saturated carbocycles. The lowest BCUT2D eigenvalue weighted by atomic mass is 10.1. The Morgan fingerprint density at radius 1 is 1.11 bits per heavy atom. The lowest BCUT2D eigenvalue weighted by molar-refractivity contribution is 0.586. The summed E-state index contributed by atoms with van der Waals surface area (Å²) in [5, 5.41) is 5.85. The number of thiophene rings is 1. The van der Waals surface area contributed by atoms with Gasteiger partial charge in [0.25, 0.3) is 0 Å². The summed E-state index contributed by atoms with van der Waals surface area (Å²) in [5.74, 6) is 1.26. The highest BCUT2D eigenvalue weighted by Gasteiger charge is 2.13. The first-order valence-electron chi connectivity index (χ1n) is 6.72.